The van der Waals surface area contributed by atoms with E-state index < -0.39 is 0 Å². The lowest BCUT2D eigenvalue weighted by Gasteiger charge is -2.20. The molecule has 3 aromatic heterocycles. The molecule has 55 heavy (non-hydrogen) atoms. The fraction of sp³-hybridized carbons (Fsp3) is 0. The predicted octanol–water partition coefficient (Wildman–Crippen LogP) is 3.77. The van der Waals surface area contributed by atoms with Gasteiger partial charge in [0.25, 0.3) is 0 Å². The highest BCUT2D eigenvalue weighted by atomic mass is 32.1. The van der Waals surface area contributed by atoms with Gasteiger partial charge >= 0.3 is 0 Å². The van der Waals surface area contributed by atoms with E-state index in [1.807, 2.05) is 47.7 Å². The van der Waals surface area contributed by atoms with Crippen LogP contribution in [0, 0.1) is 0 Å². The van der Waals surface area contributed by atoms with Crippen LogP contribution < -0.4 is 27.3 Å². The summed E-state index contributed by atoms with van der Waals surface area (Å²) < 4.78 is 9.27. The molecule has 0 saturated carbocycles. The topological polar surface area (TPSA) is 51.8 Å². The van der Waals surface area contributed by atoms with Crippen LogP contribution in [-0.4, -0.2) is 54.2 Å². The number of furan rings is 1. The number of hydrogen-bond acceptors (Lipinski definition) is 5. The Kier molecular flexibility index (Phi) is 7.93. The van der Waals surface area contributed by atoms with Gasteiger partial charge in [-0.05, 0) is 46.5 Å². The van der Waals surface area contributed by atoms with E-state index in [0.29, 0.717) is 17.5 Å². The van der Waals surface area contributed by atoms with Gasteiger partial charge in [0.05, 0.1) is 5.56 Å². The predicted molar refractivity (Wildman–Crippen MR) is 248 cm³/mol. The van der Waals surface area contributed by atoms with Crippen molar-refractivity contribution in [3.8, 4) is 56.4 Å². The third-order valence-electron chi connectivity index (χ3n) is 11.6. The number of benzene rings is 7. The molecule has 0 amide bonds. The number of rotatable bonds is 5. The minimum Gasteiger partial charge on any atom is -0.455 e. The second-order valence-corrected chi connectivity index (χ2v) is 15.6. The molecule has 4 nitrogen and oxygen atoms in total. The zero-order valence-corrected chi connectivity index (χ0v) is 32.2. The molecule has 10 rings (SSSR count). The lowest BCUT2D eigenvalue weighted by atomic mass is 9.59. The molecule has 0 unspecified atom stereocenters. The van der Waals surface area contributed by atoms with Gasteiger partial charge in [-0.2, -0.15) is 0 Å². The van der Waals surface area contributed by atoms with E-state index in [-0.39, 0.29) is 0 Å². The molecule has 0 aliphatic carbocycles. The van der Waals surface area contributed by atoms with Crippen molar-refractivity contribution >= 4 is 120 Å². The van der Waals surface area contributed by atoms with Crippen LogP contribution in [0.5, 0.6) is 0 Å². The van der Waals surface area contributed by atoms with E-state index in [4.69, 9.17) is 19.4 Å². The summed E-state index contributed by atoms with van der Waals surface area (Å²) in [6.45, 7) is 0. The van der Waals surface area contributed by atoms with Crippen molar-refractivity contribution in [1.29, 1.82) is 0 Å². The lowest BCUT2D eigenvalue weighted by molar-refractivity contribution is 0.669. The van der Waals surface area contributed by atoms with E-state index in [0.717, 1.165) is 44.2 Å². The number of hydrogen-bond donors (Lipinski definition) is 0. The number of aromatic nitrogens is 3. The van der Waals surface area contributed by atoms with Crippen LogP contribution in [0.25, 0.3) is 98.5 Å². The Balaban J connectivity index is 1.11. The van der Waals surface area contributed by atoms with E-state index in [9.17, 15) is 0 Å². The molecule has 0 spiro atoms. The Morgan fingerprint density at radius 2 is 0.982 bits per heavy atom. The summed E-state index contributed by atoms with van der Waals surface area (Å²) in [5.74, 6) is 1.81. The minimum absolute atomic E-state index is 0.573. The normalized spacial score (nSPS) is 11.6. The van der Waals surface area contributed by atoms with Gasteiger partial charge in [0, 0.05) is 42.1 Å². The first kappa shape index (κ1) is 33.5. The second-order valence-electron chi connectivity index (χ2n) is 14.5. The van der Waals surface area contributed by atoms with Crippen LogP contribution in [-0.2, 0) is 0 Å². The van der Waals surface area contributed by atoms with Gasteiger partial charge in [-0.1, -0.05) is 120 Å². The van der Waals surface area contributed by atoms with Crippen molar-refractivity contribution in [2.45, 2.75) is 0 Å². The SMILES string of the molecule is Bc1c(B)c(B)c(-c2ccc(-c3nc(-c4ccccc4)nc(-c4cccc5c4oc4ccc(-c6cccc7c6sc6ccccc67)cc45)n3)cc2)c(B)c1B. The fourth-order valence-electron chi connectivity index (χ4n) is 8.18. The standard InChI is InChI=1S/C45H32B5N3OS/c46-36-35(37(47)39(49)40(50)38(36)48)23-16-18-25(19-17-23)44-51-43(24-8-2-1-3-9-24)52-45(53-44)31-14-7-12-29-32-22-26(20-21-33(32)54-41(29)31)27-11-6-13-30-28-10-4-5-15-34(28)55-42(27)30/h1-22H,46-50H2. The molecule has 7 aromatic carbocycles. The molecule has 10 aromatic rings. The average molecular weight is 717 g/mol. The van der Waals surface area contributed by atoms with Crippen LogP contribution in [0.1, 0.15) is 0 Å². The van der Waals surface area contributed by atoms with Gasteiger partial charge in [-0.3, -0.25) is 0 Å². The Morgan fingerprint density at radius 1 is 0.418 bits per heavy atom. The number of fused-ring (bicyclic) bond motifs is 6. The zero-order valence-electron chi connectivity index (χ0n) is 31.4. The second kappa shape index (κ2) is 13.0. The Bertz CT molecular complexity index is 3130. The summed E-state index contributed by atoms with van der Waals surface area (Å²) in [5.41, 5.74) is 15.9. The highest BCUT2D eigenvalue weighted by molar-refractivity contribution is 7.26. The maximum Gasteiger partial charge on any atom is 0.167 e. The minimum atomic E-state index is 0.573. The maximum atomic E-state index is 6.67. The summed E-state index contributed by atoms with van der Waals surface area (Å²) in [6.07, 6.45) is 0. The first-order valence-electron chi connectivity index (χ1n) is 18.7. The quantitative estimate of drug-likeness (QED) is 0.255. The van der Waals surface area contributed by atoms with Crippen LogP contribution in [0.3, 0.4) is 0 Å². The van der Waals surface area contributed by atoms with Crippen LogP contribution in [0.15, 0.2) is 138 Å². The van der Waals surface area contributed by atoms with Gasteiger partial charge < -0.3 is 4.42 Å². The molecule has 10 heteroatoms. The Hall–Kier alpha value is -6.11. The summed E-state index contributed by atoms with van der Waals surface area (Å²) in [7, 11) is 11.1. The molecule has 3 heterocycles. The summed E-state index contributed by atoms with van der Waals surface area (Å²) in [4.78, 5) is 15.2. The third-order valence-corrected chi connectivity index (χ3v) is 12.8. The van der Waals surface area contributed by atoms with Crippen molar-refractivity contribution in [2.24, 2.45) is 0 Å². The van der Waals surface area contributed by atoms with Crippen LogP contribution in [0.2, 0.25) is 0 Å². The van der Waals surface area contributed by atoms with E-state index >= 15 is 0 Å². The molecule has 0 N–H and O–H groups in total. The van der Waals surface area contributed by atoms with Crippen molar-refractivity contribution < 1.29 is 4.42 Å². The third kappa shape index (κ3) is 5.46. The van der Waals surface area contributed by atoms with Gasteiger partial charge in [0.15, 0.2) is 17.5 Å². The molecule has 0 aliphatic rings. The molecule has 0 saturated heterocycles. The molecule has 0 fully saturated rings. The van der Waals surface area contributed by atoms with Gasteiger partial charge in [-0.15, -0.1) is 27.7 Å². The summed E-state index contributed by atoms with van der Waals surface area (Å²) in [6, 6.07) is 46.8. The fourth-order valence-corrected chi connectivity index (χ4v) is 9.42. The smallest absolute Gasteiger partial charge is 0.167 e. The van der Waals surface area contributed by atoms with E-state index in [1.54, 1.807) is 0 Å². The zero-order chi connectivity index (χ0) is 37.4. The van der Waals surface area contributed by atoms with Crippen molar-refractivity contribution in [3.63, 3.8) is 0 Å². The van der Waals surface area contributed by atoms with Crippen LogP contribution in [0.4, 0.5) is 0 Å². The maximum absolute atomic E-state index is 6.67. The van der Waals surface area contributed by atoms with Crippen molar-refractivity contribution in [2.75, 3.05) is 0 Å². The number of nitrogens with zero attached hydrogens (tertiary/aromatic N) is 3. The van der Waals surface area contributed by atoms with Crippen molar-refractivity contribution in [3.05, 3.63) is 133 Å². The van der Waals surface area contributed by atoms with Gasteiger partial charge in [0.1, 0.15) is 50.4 Å². The molecule has 0 radical (unpaired) electrons. The summed E-state index contributed by atoms with van der Waals surface area (Å²) >= 11 is 1.85. The highest BCUT2D eigenvalue weighted by Crippen LogP contribution is 2.42. The monoisotopic (exact) mass is 717 g/mol. The number of para-hydroxylation sites is 1. The van der Waals surface area contributed by atoms with E-state index in [1.165, 1.54) is 64.2 Å². The average Bonchev–Trinajstić information content (AvgIpc) is 3.81. The van der Waals surface area contributed by atoms with Crippen LogP contribution >= 0.6 is 11.3 Å². The molecule has 0 aliphatic heterocycles. The lowest BCUT2D eigenvalue weighted by Crippen LogP contribution is -2.55. The van der Waals surface area contributed by atoms with E-state index in [2.05, 4.69) is 136 Å². The van der Waals surface area contributed by atoms with Gasteiger partial charge in [-0.25, -0.2) is 15.0 Å². The molecule has 254 valence electrons. The first-order valence-corrected chi connectivity index (χ1v) is 19.5. The van der Waals surface area contributed by atoms with Crippen molar-refractivity contribution in [1.82, 2.24) is 15.0 Å². The molecular formula is C45H32B5N3OS. The number of thiophene rings is 1. The highest BCUT2D eigenvalue weighted by Gasteiger charge is 2.20. The molecule has 0 bridgehead atoms. The molecule has 0 atom stereocenters. The Labute approximate surface area is 327 Å². The Morgan fingerprint density at radius 3 is 1.73 bits per heavy atom. The van der Waals surface area contributed by atoms with Gasteiger partial charge in [0.2, 0.25) is 0 Å². The summed E-state index contributed by atoms with van der Waals surface area (Å²) in [5, 5.41) is 4.68. The largest absolute Gasteiger partial charge is 0.455 e. The first-order chi connectivity index (χ1) is 26.8. The molecular weight excluding hydrogens is 685 g/mol.